The van der Waals surface area contributed by atoms with E-state index in [4.69, 9.17) is 9.72 Å². The van der Waals surface area contributed by atoms with E-state index in [9.17, 15) is 0 Å². The van der Waals surface area contributed by atoms with Gasteiger partial charge in [0.05, 0.1) is 5.69 Å². The van der Waals surface area contributed by atoms with Crippen molar-refractivity contribution < 1.29 is 4.74 Å². The average Bonchev–Trinajstić information content (AvgIpc) is 3.16. The molecule has 0 bridgehead atoms. The SMILES string of the molecule is CNC(Cc1csc(C2(C)CCCO2)n1)c1ccccc1. The van der Waals surface area contributed by atoms with Crippen molar-refractivity contribution in [1.82, 2.24) is 10.3 Å². The molecule has 1 saturated heterocycles. The van der Waals surface area contributed by atoms with Gasteiger partial charge in [-0.2, -0.15) is 0 Å². The van der Waals surface area contributed by atoms with Crippen molar-refractivity contribution in [3.8, 4) is 0 Å². The Hall–Kier alpha value is -1.23. The molecule has 2 heterocycles. The molecule has 2 unspecified atom stereocenters. The Morgan fingerprint density at radius 3 is 2.86 bits per heavy atom. The third kappa shape index (κ3) is 3.18. The van der Waals surface area contributed by atoms with Crippen LogP contribution >= 0.6 is 11.3 Å². The van der Waals surface area contributed by atoms with E-state index in [1.54, 1.807) is 11.3 Å². The molecule has 0 saturated carbocycles. The summed E-state index contributed by atoms with van der Waals surface area (Å²) in [5, 5.41) is 6.69. The largest absolute Gasteiger partial charge is 0.368 e. The Balaban J connectivity index is 1.74. The van der Waals surface area contributed by atoms with Crippen LogP contribution in [0.25, 0.3) is 0 Å². The van der Waals surface area contributed by atoms with Gasteiger partial charge >= 0.3 is 0 Å². The van der Waals surface area contributed by atoms with Gasteiger partial charge in [0.1, 0.15) is 10.6 Å². The van der Waals surface area contributed by atoms with Gasteiger partial charge in [0.15, 0.2) is 0 Å². The molecule has 1 fully saturated rings. The molecule has 4 heteroatoms. The van der Waals surface area contributed by atoms with Crippen LogP contribution in [0.1, 0.15) is 42.1 Å². The van der Waals surface area contributed by atoms with Crippen LogP contribution in [-0.2, 0) is 16.8 Å². The van der Waals surface area contributed by atoms with Gasteiger partial charge in [-0.15, -0.1) is 11.3 Å². The van der Waals surface area contributed by atoms with Gasteiger partial charge in [0.25, 0.3) is 0 Å². The topological polar surface area (TPSA) is 34.1 Å². The van der Waals surface area contributed by atoms with E-state index < -0.39 is 0 Å². The zero-order valence-electron chi connectivity index (χ0n) is 12.6. The molecule has 2 aromatic rings. The fraction of sp³-hybridized carbons (Fsp3) is 0.471. The van der Waals surface area contributed by atoms with Crippen LogP contribution < -0.4 is 5.32 Å². The van der Waals surface area contributed by atoms with Gasteiger partial charge in [-0.25, -0.2) is 4.98 Å². The summed E-state index contributed by atoms with van der Waals surface area (Å²) < 4.78 is 5.89. The molecule has 3 rings (SSSR count). The van der Waals surface area contributed by atoms with Crippen molar-refractivity contribution in [2.24, 2.45) is 0 Å². The van der Waals surface area contributed by atoms with Crippen molar-refractivity contribution in [2.45, 2.75) is 37.8 Å². The Kier molecular flexibility index (Phi) is 4.38. The van der Waals surface area contributed by atoms with E-state index in [0.717, 1.165) is 36.6 Å². The van der Waals surface area contributed by atoms with Crippen LogP contribution in [0.3, 0.4) is 0 Å². The molecular formula is C17H22N2OS. The molecule has 112 valence electrons. The molecule has 0 aliphatic carbocycles. The van der Waals surface area contributed by atoms with Crippen LogP contribution in [0.15, 0.2) is 35.7 Å². The van der Waals surface area contributed by atoms with Gasteiger partial charge in [-0.3, -0.25) is 0 Å². The standard InChI is InChI=1S/C17H22N2OS/c1-17(9-6-10-20-17)16-19-14(12-21-16)11-15(18-2)13-7-4-3-5-8-13/h3-5,7-8,12,15,18H,6,9-11H2,1-2H3. The van der Waals surface area contributed by atoms with E-state index in [1.165, 1.54) is 5.56 Å². The van der Waals surface area contributed by atoms with Gasteiger partial charge in [-0.1, -0.05) is 30.3 Å². The molecule has 1 N–H and O–H groups in total. The minimum absolute atomic E-state index is 0.162. The third-order valence-corrected chi connectivity index (χ3v) is 5.32. The monoisotopic (exact) mass is 302 g/mol. The fourth-order valence-electron chi connectivity index (χ4n) is 2.87. The highest BCUT2D eigenvalue weighted by molar-refractivity contribution is 7.09. The third-order valence-electron chi connectivity index (χ3n) is 4.19. The molecule has 0 spiro atoms. The highest BCUT2D eigenvalue weighted by Crippen LogP contribution is 2.37. The fourth-order valence-corrected chi connectivity index (χ4v) is 3.85. The Bertz CT molecular complexity index is 575. The maximum atomic E-state index is 5.89. The normalized spacial score (nSPS) is 23.3. The molecule has 3 nitrogen and oxygen atoms in total. The number of hydrogen-bond donors (Lipinski definition) is 1. The summed E-state index contributed by atoms with van der Waals surface area (Å²) in [6.07, 6.45) is 3.12. The quantitative estimate of drug-likeness (QED) is 0.915. The van der Waals surface area contributed by atoms with E-state index in [0.29, 0.717) is 6.04 Å². The summed E-state index contributed by atoms with van der Waals surface area (Å²) in [5.41, 5.74) is 2.29. The van der Waals surface area contributed by atoms with E-state index in [2.05, 4.69) is 48.0 Å². The molecule has 2 atom stereocenters. The highest BCUT2D eigenvalue weighted by atomic mass is 32.1. The van der Waals surface area contributed by atoms with Crippen LogP contribution in [0.5, 0.6) is 0 Å². The predicted octanol–water partition coefficient (Wildman–Crippen LogP) is 3.67. The number of nitrogens with one attached hydrogen (secondary N) is 1. The second-order valence-corrected chi connectivity index (χ2v) is 6.64. The summed E-state index contributed by atoms with van der Waals surface area (Å²) in [5.74, 6) is 0. The zero-order chi connectivity index (χ0) is 14.7. The summed E-state index contributed by atoms with van der Waals surface area (Å²) in [6.45, 7) is 3.02. The first-order chi connectivity index (χ1) is 10.2. The van der Waals surface area contributed by atoms with E-state index in [1.807, 2.05) is 7.05 Å². The zero-order valence-corrected chi connectivity index (χ0v) is 13.5. The molecule has 1 aromatic heterocycles. The Labute approximate surface area is 130 Å². The second-order valence-electron chi connectivity index (χ2n) is 5.78. The van der Waals surface area contributed by atoms with Crippen LogP contribution in [0.2, 0.25) is 0 Å². The number of likely N-dealkylation sites (N-methyl/N-ethyl adjacent to an activating group) is 1. The Morgan fingerprint density at radius 1 is 1.38 bits per heavy atom. The first-order valence-corrected chi connectivity index (χ1v) is 8.40. The van der Waals surface area contributed by atoms with Crippen LogP contribution in [-0.4, -0.2) is 18.6 Å². The van der Waals surface area contributed by atoms with Gasteiger partial charge in [0.2, 0.25) is 0 Å². The number of rotatable bonds is 5. The molecule has 21 heavy (non-hydrogen) atoms. The van der Waals surface area contributed by atoms with Crippen molar-refractivity contribution in [2.75, 3.05) is 13.7 Å². The number of ether oxygens (including phenoxy) is 1. The molecule has 1 aromatic carbocycles. The van der Waals surface area contributed by atoms with Crippen molar-refractivity contribution >= 4 is 11.3 Å². The number of thiazole rings is 1. The minimum atomic E-state index is -0.162. The lowest BCUT2D eigenvalue weighted by Crippen LogP contribution is -2.21. The number of aromatic nitrogens is 1. The second kappa shape index (κ2) is 6.26. The summed E-state index contributed by atoms with van der Waals surface area (Å²) in [7, 11) is 2.01. The number of nitrogens with zero attached hydrogens (tertiary/aromatic N) is 1. The Morgan fingerprint density at radius 2 is 2.19 bits per heavy atom. The van der Waals surface area contributed by atoms with Gasteiger partial charge < -0.3 is 10.1 Å². The summed E-state index contributed by atoms with van der Waals surface area (Å²) in [4.78, 5) is 4.83. The smallest absolute Gasteiger partial charge is 0.125 e. The number of benzene rings is 1. The molecule has 0 amide bonds. The van der Waals surface area contributed by atoms with Gasteiger partial charge in [-0.05, 0) is 32.4 Å². The summed E-state index contributed by atoms with van der Waals surface area (Å²) >= 11 is 1.73. The number of hydrogen-bond acceptors (Lipinski definition) is 4. The maximum Gasteiger partial charge on any atom is 0.125 e. The highest BCUT2D eigenvalue weighted by Gasteiger charge is 2.34. The van der Waals surface area contributed by atoms with Gasteiger partial charge in [0, 0.05) is 24.4 Å². The molecule has 0 radical (unpaired) electrons. The minimum Gasteiger partial charge on any atom is -0.368 e. The molecule has 1 aliphatic rings. The maximum absolute atomic E-state index is 5.89. The molecule has 1 aliphatic heterocycles. The first-order valence-electron chi connectivity index (χ1n) is 7.52. The average molecular weight is 302 g/mol. The van der Waals surface area contributed by atoms with Crippen molar-refractivity contribution in [3.63, 3.8) is 0 Å². The molecular weight excluding hydrogens is 280 g/mol. The van der Waals surface area contributed by atoms with Crippen LogP contribution in [0.4, 0.5) is 0 Å². The van der Waals surface area contributed by atoms with E-state index >= 15 is 0 Å². The first kappa shape index (κ1) is 14.7. The lowest BCUT2D eigenvalue weighted by molar-refractivity contribution is 0.0165. The van der Waals surface area contributed by atoms with Crippen molar-refractivity contribution in [1.29, 1.82) is 0 Å². The lowest BCUT2D eigenvalue weighted by atomic mass is 10.0. The summed E-state index contributed by atoms with van der Waals surface area (Å²) in [6, 6.07) is 10.8. The lowest BCUT2D eigenvalue weighted by Gasteiger charge is -2.20. The van der Waals surface area contributed by atoms with E-state index in [-0.39, 0.29) is 5.60 Å². The van der Waals surface area contributed by atoms with Crippen LogP contribution in [0, 0.1) is 0 Å². The predicted molar refractivity (Wildman–Crippen MR) is 86.6 cm³/mol. The van der Waals surface area contributed by atoms with Crippen molar-refractivity contribution in [3.05, 3.63) is 52.0 Å².